The van der Waals surface area contributed by atoms with Crippen molar-refractivity contribution in [3.05, 3.63) is 71.8 Å². The molecule has 0 fully saturated rings. The maximum absolute atomic E-state index is 6.15. The highest BCUT2D eigenvalue weighted by molar-refractivity contribution is 6.31. The minimum atomic E-state index is 0.634. The molecular formula is C22H17ClN2O2. The van der Waals surface area contributed by atoms with E-state index in [9.17, 15) is 0 Å². The first-order chi connectivity index (χ1) is 13.2. The zero-order chi connectivity index (χ0) is 18.8. The lowest BCUT2D eigenvalue weighted by Crippen LogP contribution is -1.96. The first-order valence-corrected chi connectivity index (χ1v) is 8.82. The molecule has 4 rings (SSSR count). The standard InChI is InChI=1S/C22H17ClN2O2/c1-26-17-8-3-14(4-9-17)21-22(15-5-10-18(27-2)11-6-15)25-20-13-16(23)7-12-19(20)24-21/h3-13H,1-2H3. The van der Waals surface area contributed by atoms with Gasteiger partial charge in [-0.25, -0.2) is 9.97 Å². The van der Waals surface area contributed by atoms with Crippen molar-refractivity contribution >= 4 is 22.6 Å². The molecule has 0 atom stereocenters. The number of fused-ring (bicyclic) bond motifs is 1. The van der Waals surface area contributed by atoms with Crippen molar-refractivity contribution in [3.8, 4) is 34.0 Å². The number of ether oxygens (including phenoxy) is 2. The monoisotopic (exact) mass is 376 g/mol. The number of hydrogen-bond donors (Lipinski definition) is 0. The molecular weight excluding hydrogens is 360 g/mol. The highest BCUT2D eigenvalue weighted by Crippen LogP contribution is 2.33. The van der Waals surface area contributed by atoms with Gasteiger partial charge in [0.1, 0.15) is 11.5 Å². The van der Waals surface area contributed by atoms with Crippen LogP contribution in [0.15, 0.2) is 66.7 Å². The van der Waals surface area contributed by atoms with Crippen LogP contribution in [0.5, 0.6) is 11.5 Å². The van der Waals surface area contributed by atoms with Crippen LogP contribution in [-0.2, 0) is 0 Å². The summed E-state index contributed by atoms with van der Waals surface area (Å²) in [5.41, 5.74) is 5.06. The van der Waals surface area contributed by atoms with E-state index in [0.717, 1.165) is 45.0 Å². The van der Waals surface area contributed by atoms with Gasteiger partial charge in [0, 0.05) is 16.1 Å². The Morgan fingerprint density at radius 3 is 1.59 bits per heavy atom. The molecule has 4 aromatic rings. The topological polar surface area (TPSA) is 44.2 Å². The summed E-state index contributed by atoms with van der Waals surface area (Å²) in [6.07, 6.45) is 0. The predicted molar refractivity (Wildman–Crippen MR) is 109 cm³/mol. The van der Waals surface area contributed by atoms with Gasteiger partial charge in [-0.15, -0.1) is 0 Å². The summed E-state index contributed by atoms with van der Waals surface area (Å²) in [5, 5.41) is 0.634. The van der Waals surface area contributed by atoms with Crippen molar-refractivity contribution in [1.82, 2.24) is 9.97 Å². The molecule has 3 aromatic carbocycles. The van der Waals surface area contributed by atoms with Crippen molar-refractivity contribution in [1.29, 1.82) is 0 Å². The maximum Gasteiger partial charge on any atom is 0.118 e. The van der Waals surface area contributed by atoms with Gasteiger partial charge in [-0.05, 0) is 66.7 Å². The lowest BCUT2D eigenvalue weighted by Gasteiger charge is -2.12. The molecule has 5 heteroatoms. The minimum Gasteiger partial charge on any atom is -0.497 e. The van der Waals surface area contributed by atoms with Crippen molar-refractivity contribution in [2.75, 3.05) is 14.2 Å². The fourth-order valence-corrected chi connectivity index (χ4v) is 3.09. The molecule has 0 aliphatic carbocycles. The van der Waals surface area contributed by atoms with E-state index in [-0.39, 0.29) is 0 Å². The smallest absolute Gasteiger partial charge is 0.118 e. The van der Waals surface area contributed by atoms with E-state index >= 15 is 0 Å². The third-order valence-electron chi connectivity index (χ3n) is 4.35. The summed E-state index contributed by atoms with van der Waals surface area (Å²) >= 11 is 6.15. The first-order valence-electron chi connectivity index (χ1n) is 8.44. The zero-order valence-corrected chi connectivity index (χ0v) is 15.7. The number of nitrogens with zero attached hydrogens (tertiary/aromatic N) is 2. The summed E-state index contributed by atoms with van der Waals surface area (Å²) in [6, 6.07) is 21.1. The van der Waals surface area contributed by atoms with Gasteiger partial charge in [0.25, 0.3) is 0 Å². The van der Waals surface area contributed by atoms with Gasteiger partial charge in [-0.2, -0.15) is 0 Å². The van der Waals surface area contributed by atoms with Crippen LogP contribution in [0.3, 0.4) is 0 Å². The van der Waals surface area contributed by atoms with Gasteiger partial charge < -0.3 is 9.47 Å². The molecule has 0 N–H and O–H groups in total. The van der Waals surface area contributed by atoms with E-state index < -0.39 is 0 Å². The van der Waals surface area contributed by atoms with Crippen LogP contribution in [0.1, 0.15) is 0 Å². The van der Waals surface area contributed by atoms with Crippen LogP contribution in [0.25, 0.3) is 33.5 Å². The predicted octanol–water partition coefficient (Wildman–Crippen LogP) is 5.63. The largest absolute Gasteiger partial charge is 0.497 e. The molecule has 0 spiro atoms. The van der Waals surface area contributed by atoms with Crippen molar-refractivity contribution < 1.29 is 9.47 Å². The van der Waals surface area contributed by atoms with E-state index in [0.29, 0.717) is 5.02 Å². The van der Waals surface area contributed by atoms with Crippen LogP contribution < -0.4 is 9.47 Å². The number of halogens is 1. The fourth-order valence-electron chi connectivity index (χ4n) is 2.93. The number of methoxy groups -OCH3 is 2. The van der Waals surface area contributed by atoms with Gasteiger partial charge in [0.15, 0.2) is 0 Å². The number of rotatable bonds is 4. The molecule has 0 aliphatic rings. The minimum absolute atomic E-state index is 0.634. The summed E-state index contributed by atoms with van der Waals surface area (Å²) in [5.74, 6) is 1.59. The van der Waals surface area contributed by atoms with Crippen LogP contribution in [-0.4, -0.2) is 24.2 Å². The average molecular weight is 377 g/mol. The Hall–Kier alpha value is -3.11. The maximum atomic E-state index is 6.15. The molecule has 134 valence electrons. The summed E-state index contributed by atoms with van der Waals surface area (Å²) in [4.78, 5) is 9.73. The third-order valence-corrected chi connectivity index (χ3v) is 4.59. The van der Waals surface area contributed by atoms with Gasteiger partial charge >= 0.3 is 0 Å². The lowest BCUT2D eigenvalue weighted by atomic mass is 10.0. The van der Waals surface area contributed by atoms with E-state index in [1.54, 1.807) is 14.2 Å². The quantitative estimate of drug-likeness (QED) is 0.462. The molecule has 1 heterocycles. The second-order valence-electron chi connectivity index (χ2n) is 6.01. The fraction of sp³-hybridized carbons (Fsp3) is 0.0909. The second kappa shape index (κ2) is 7.25. The third kappa shape index (κ3) is 3.44. The van der Waals surface area contributed by atoms with E-state index in [4.69, 9.17) is 31.0 Å². The van der Waals surface area contributed by atoms with Crippen molar-refractivity contribution in [2.24, 2.45) is 0 Å². The SMILES string of the molecule is COc1ccc(-c2nc3ccc(Cl)cc3nc2-c2ccc(OC)cc2)cc1. The second-order valence-corrected chi connectivity index (χ2v) is 6.45. The molecule has 0 aliphatic heterocycles. The Morgan fingerprint density at radius 1 is 0.630 bits per heavy atom. The molecule has 1 aromatic heterocycles. The normalized spacial score (nSPS) is 10.8. The number of hydrogen-bond acceptors (Lipinski definition) is 4. The van der Waals surface area contributed by atoms with Gasteiger partial charge in [-0.1, -0.05) is 11.6 Å². The highest BCUT2D eigenvalue weighted by Gasteiger charge is 2.14. The Bertz CT molecular complexity index is 1090. The summed E-state index contributed by atoms with van der Waals surface area (Å²) in [7, 11) is 3.30. The van der Waals surface area contributed by atoms with Crippen molar-refractivity contribution in [2.45, 2.75) is 0 Å². The average Bonchev–Trinajstić information content (AvgIpc) is 2.73. The van der Waals surface area contributed by atoms with Gasteiger partial charge in [-0.3, -0.25) is 0 Å². The Labute approximate surface area is 162 Å². The van der Waals surface area contributed by atoms with Crippen molar-refractivity contribution in [3.63, 3.8) is 0 Å². The van der Waals surface area contributed by atoms with E-state index in [2.05, 4.69) is 0 Å². The molecule has 0 unspecified atom stereocenters. The Balaban J connectivity index is 1.94. The summed E-state index contributed by atoms with van der Waals surface area (Å²) < 4.78 is 10.5. The van der Waals surface area contributed by atoms with Gasteiger partial charge in [0.05, 0.1) is 36.6 Å². The Morgan fingerprint density at radius 2 is 1.11 bits per heavy atom. The first kappa shape index (κ1) is 17.3. The van der Waals surface area contributed by atoms with Crippen LogP contribution in [0.4, 0.5) is 0 Å². The molecule has 27 heavy (non-hydrogen) atoms. The van der Waals surface area contributed by atoms with Crippen LogP contribution in [0, 0.1) is 0 Å². The van der Waals surface area contributed by atoms with Crippen LogP contribution >= 0.6 is 11.6 Å². The summed E-state index contributed by atoms with van der Waals surface area (Å²) in [6.45, 7) is 0. The van der Waals surface area contributed by atoms with Gasteiger partial charge in [0.2, 0.25) is 0 Å². The highest BCUT2D eigenvalue weighted by atomic mass is 35.5. The number of aromatic nitrogens is 2. The van der Waals surface area contributed by atoms with E-state index in [1.807, 2.05) is 66.7 Å². The zero-order valence-electron chi connectivity index (χ0n) is 14.9. The molecule has 0 saturated carbocycles. The molecule has 0 saturated heterocycles. The molecule has 0 bridgehead atoms. The Kier molecular flexibility index (Phi) is 4.65. The molecule has 0 amide bonds. The number of benzene rings is 3. The van der Waals surface area contributed by atoms with E-state index in [1.165, 1.54) is 0 Å². The van der Waals surface area contributed by atoms with Crippen LogP contribution in [0.2, 0.25) is 5.02 Å². The lowest BCUT2D eigenvalue weighted by molar-refractivity contribution is 0.414. The molecule has 0 radical (unpaired) electrons. The molecule has 4 nitrogen and oxygen atoms in total.